The van der Waals surface area contributed by atoms with Crippen LogP contribution >= 0.6 is 11.5 Å². The second-order valence-electron chi connectivity index (χ2n) is 1.98. The van der Waals surface area contributed by atoms with E-state index < -0.39 is 5.69 Å². The molecule has 68 valence electrons. The summed E-state index contributed by atoms with van der Waals surface area (Å²) in [5.74, 6) is 0. The first kappa shape index (κ1) is 9.40. The number of hydrogen-bond donors (Lipinski definition) is 2. The van der Waals surface area contributed by atoms with Crippen LogP contribution in [0, 0.1) is 0 Å². The van der Waals surface area contributed by atoms with E-state index in [1.165, 1.54) is 23.8 Å². The van der Waals surface area contributed by atoms with Gasteiger partial charge < -0.3 is 4.98 Å². The fraction of sp³-hybridized carbons (Fsp3) is 0. The summed E-state index contributed by atoms with van der Waals surface area (Å²) in [4.78, 5) is 24.7. The molecule has 2 N–H and O–H groups in total. The Balaban J connectivity index is 0.000000145. The predicted molar refractivity (Wildman–Crippen MR) is 49.8 cm³/mol. The quantitative estimate of drug-likeness (QED) is 0.633. The van der Waals surface area contributed by atoms with E-state index in [9.17, 15) is 9.59 Å². The summed E-state index contributed by atoms with van der Waals surface area (Å²) in [6.45, 7) is 0. The number of nitrogens with one attached hydrogen (secondary N) is 2. The highest BCUT2D eigenvalue weighted by Gasteiger charge is 1.77. The van der Waals surface area contributed by atoms with Gasteiger partial charge in [-0.3, -0.25) is 9.78 Å². The minimum absolute atomic E-state index is 0.381. The Labute approximate surface area is 77.3 Å². The molecule has 5 nitrogen and oxygen atoms in total. The molecule has 2 heterocycles. The first-order valence-corrected chi connectivity index (χ1v) is 4.25. The molecule has 0 aromatic carbocycles. The van der Waals surface area contributed by atoms with E-state index in [0.717, 1.165) is 0 Å². The van der Waals surface area contributed by atoms with Gasteiger partial charge in [-0.05, 0) is 17.6 Å². The van der Waals surface area contributed by atoms with Crippen LogP contribution in [0.5, 0.6) is 0 Å². The second kappa shape index (κ2) is 5.04. The molecule has 0 aliphatic rings. The molecule has 0 aliphatic heterocycles. The maximum Gasteiger partial charge on any atom is 0.325 e. The van der Waals surface area contributed by atoms with Gasteiger partial charge in [0.2, 0.25) is 0 Å². The van der Waals surface area contributed by atoms with Gasteiger partial charge >= 0.3 is 5.69 Å². The lowest BCUT2D eigenvalue weighted by atomic mass is 10.7. The summed E-state index contributed by atoms with van der Waals surface area (Å²) in [6, 6.07) is 3.14. The molecule has 0 bridgehead atoms. The van der Waals surface area contributed by atoms with Crippen molar-refractivity contribution < 1.29 is 0 Å². The standard InChI is InChI=1S/C4H4N2O2.C3H3NS/c7-3-1-2-5-4(8)6-3;1-2-4-5-3-1/h1-2H,(H2,5,6,7,8);1-3H. The van der Waals surface area contributed by atoms with Gasteiger partial charge in [-0.15, -0.1) is 0 Å². The van der Waals surface area contributed by atoms with E-state index in [-0.39, 0.29) is 5.56 Å². The summed E-state index contributed by atoms with van der Waals surface area (Å²) in [6.07, 6.45) is 3.06. The van der Waals surface area contributed by atoms with Crippen molar-refractivity contribution in [3.8, 4) is 0 Å². The topological polar surface area (TPSA) is 78.6 Å². The van der Waals surface area contributed by atoms with Gasteiger partial charge in [-0.1, -0.05) is 0 Å². The molecule has 2 rings (SSSR count). The maximum absolute atomic E-state index is 10.2. The Morgan fingerprint density at radius 2 is 2.23 bits per heavy atom. The predicted octanol–water partition coefficient (Wildman–Crippen LogP) is 0.206. The summed E-state index contributed by atoms with van der Waals surface area (Å²) in [5.41, 5.74) is -0.855. The third kappa shape index (κ3) is 4.02. The van der Waals surface area contributed by atoms with Gasteiger partial charge in [0.15, 0.2) is 0 Å². The Morgan fingerprint density at radius 1 is 1.38 bits per heavy atom. The SMILES string of the molecule is O=c1cc[nH]c(=O)[nH]1.c1cnsc1. The highest BCUT2D eigenvalue weighted by Crippen LogP contribution is 1.83. The van der Waals surface area contributed by atoms with Crippen molar-refractivity contribution in [3.63, 3.8) is 0 Å². The first-order chi connectivity index (χ1) is 6.29. The highest BCUT2D eigenvalue weighted by molar-refractivity contribution is 7.03. The van der Waals surface area contributed by atoms with Crippen LogP contribution in [0.25, 0.3) is 0 Å². The normalized spacial score (nSPS) is 8.62. The van der Waals surface area contributed by atoms with Gasteiger partial charge in [0, 0.05) is 23.8 Å². The third-order valence-corrected chi connectivity index (χ3v) is 1.56. The van der Waals surface area contributed by atoms with Crippen LogP contribution in [0.3, 0.4) is 0 Å². The van der Waals surface area contributed by atoms with Gasteiger partial charge in [-0.2, -0.15) is 0 Å². The zero-order chi connectivity index (χ0) is 9.52. The number of rotatable bonds is 0. The molecule has 0 spiro atoms. The monoisotopic (exact) mass is 197 g/mol. The van der Waals surface area contributed by atoms with Crippen LogP contribution in [-0.2, 0) is 0 Å². The number of H-pyrrole nitrogens is 2. The van der Waals surface area contributed by atoms with Crippen molar-refractivity contribution >= 4 is 11.5 Å². The minimum atomic E-state index is -0.475. The Hall–Kier alpha value is -1.69. The minimum Gasteiger partial charge on any atom is -0.314 e. The van der Waals surface area contributed by atoms with Gasteiger partial charge in [0.25, 0.3) is 5.56 Å². The van der Waals surface area contributed by atoms with E-state index in [0.29, 0.717) is 0 Å². The van der Waals surface area contributed by atoms with Gasteiger partial charge in [-0.25, -0.2) is 9.17 Å². The zero-order valence-electron chi connectivity index (χ0n) is 6.56. The van der Waals surface area contributed by atoms with E-state index in [2.05, 4.69) is 9.36 Å². The number of aromatic amines is 2. The summed E-state index contributed by atoms with van der Waals surface area (Å²) in [5, 5.41) is 1.93. The van der Waals surface area contributed by atoms with Crippen LogP contribution in [0.4, 0.5) is 0 Å². The molecule has 0 unspecified atom stereocenters. The average molecular weight is 197 g/mol. The van der Waals surface area contributed by atoms with Crippen LogP contribution < -0.4 is 11.2 Å². The number of aromatic nitrogens is 3. The van der Waals surface area contributed by atoms with E-state index in [1.54, 1.807) is 6.20 Å². The molecular weight excluding hydrogens is 190 g/mol. The van der Waals surface area contributed by atoms with Crippen molar-refractivity contribution in [1.29, 1.82) is 0 Å². The molecule has 0 fully saturated rings. The second-order valence-corrected chi connectivity index (χ2v) is 2.68. The fourth-order valence-electron chi connectivity index (χ4n) is 0.558. The average Bonchev–Trinajstić information content (AvgIpc) is 2.59. The Morgan fingerprint density at radius 3 is 2.54 bits per heavy atom. The van der Waals surface area contributed by atoms with Crippen molar-refractivity contribution in [3.05, 3.63) is 50.7 Å². The van der Waals surface area contributed by atoms with Crippen molar-refractivity contribution in [2.24, 2.45) is 0 Å². The largest absolute Gasteiger partial charge is 0.325 e. The number of nitrogens with zero attached hydrogens (tertiary/aromatic N) is 1. The lowest BCUT2D eigenvalue weighted by molar-refractivity contribution is 1.04. The van der Waals surface area contributed by atoms with Crippen LogP contribution in [-0.4, -0.2) is 14.3 Å². The summed E-state index contributed by atoms with van der Waals surface area (Å²) < 4.78 is 3.76. The molecular formula is C7H7N3O2S. The lowest BCUT2D eigenvalue weighted by Crippen LogP contribution is -2.19. The van der Waals surface area contributed by atoms with Gasteiger partial charge in [0.05, 0.1) is 0 Å². The molecule has 0 radical (unpaired) electrons. The Kier molecular flexibility index (Phi) is 3.65. The molecule has 13 heavy (non-hydrogen) atoms. The van der Waals surface area contributed by atoms with Crippen molar-refractivity contribution in [2.45, 2.75) is 0 Å². The molecule has 6 heteroatoms. The van der Waals surface area contributed by atoms with E-state index in [4.69, 9.17) is 0 Å². The molecule has 0 aliphatic carbocycles. The molecule has 0 saturated heterocycles. The zero-order valence-corrected chi connectivity index (χ0v) is 7.38. The lowest BCUT2D eigenvalue weighted by Gasteiger charge is -1.75. The van der Waals surface area contributed by atoms with E-state index in [1.807, 2.05) is 16.4 Å². The first-order valence-electron chi connectivity index (χ1n) is 3.41. The van der Waals surface area contributed by atoms with Crippen LogP contribution in [0.2, 0.25) is 0 Å². The fourth-order valence-corrected chi connectivity index (χ4v) is 0.910. The summed E-state index contributed by atoms with van der Waals surface area (Å²) >= 11 is 1.46. The smallest absolute Gasteiger partial charge is 0.314 e. The third-order valence-electron chi connectivity index (χ3n) is 1.03. The molecule has 2 aromatic rings. The van der Waals surface area contributed by atoms with Gasteiger partial charge in [0.1, 0.15) is 0 Å². The van der Waals surface area contributed by atoms with Crippen molar-refractivity contribution in [2.75, 3.05) is 0 Å². The maximum atomic E-state index is 10.2. The van der Waals surface area contributed by atoms with Crippen LogP contribution in [0.1, 0.15) is 0 Å². The van der Waals surface area contributed by atoms with E-state index >= 15 is 0 Å². The van der Waals surface area contributed by atoms with Crippen LogP contribution in [0.15, 0.2) is 39.5 Å². The Bertz CT molecular complexity index is 389. The molecule has 2 aromatic heterocycles. The number of hydrogen-bond acceptors (Lipinski definition) is 4. The molecule has 0 amide bonds. The molecule has 0 saturated carbocycles. The molecule has 0 atom stereocenters. The summed E-state index contributed by atoms with van der Waals surface area (Å²) in [7, 11) is 0. The van der Waals surface area contributed by atoms with Crippen molar-refractivity contribution in [1.82, 2.24) is 14.3 Å². The highest BCUT2D eigenvalue weighted by atomic mass is 32.1.